The predicted molar refractivity (Wildman–Crippen MR) is 124 cm³/mol. The number of fused-ring (bicyclic) bond motifs is 2. The summed E-state index contributed by atoms with van der Waals surface area (Å²) < 4.78 is 54.9. The number of hydrogen-bond acceptors (Lipinski definition) is 8. The molecular formula is C23H20F3N5O3S. The number of nitrogens with zero attached hydrogens (tertiary/aromatic N) is 3. The van der Waals surface area contributed by atoms with Gasteiger partial charge >= 0.3 is 6.18 Å². The highest BCUT2D eigenvalue weighted by Gasteiger charge is 2.60. The van der Waals surface area contributed by atoms with E-state index in [2.05, 4.69) is 25.5 Å². The molecule has 0 saturated heterocycles. The summed E-state index contributed by atoms with van der Waals surface area (Å²) in [6, 6.07) is 11.6. The van der Waals surface area contributed by atoms with Gasteiger partial charge < -0.3 is 19.9 Å². The van der Waals surface area contributed by atoms with Crippen LogP contribution in [-0.4, -0.2) is 49.6 Å². The molecule has 2 unspecified atom stereocenters. The standard InChI is InChI=1S/C23H20F3N5O3S/c1-13-8-9-14-16(29-13)5-3-6-17(14)30-20(15-4-2-7-18-19(15)34-12-33-18)22(32,23(24,25)26)10-35-21-27-11-28-31-21/h2-9,11,20,30,32H,10,12H2,1H3,(H,27,28,31). The predicted octanol–water partition coefficient (Wildman–Crippen LogP) is 4.63. The fourth-order valence-corrected chi connectivity index (χ4v) is 4.87. The van der Waals surface area contributed by atoms with Gasteiger partial charge in [-0.15, -0.1) is 0 Å². The number of rotatable bonds is 7. The number of anilines is 1. The van der Waals surface area contributed by atoms with Crippen molar-refractivity contribution in [2.75, 3.05) is 17.9 Å². The number of H-pyrrole nitrogens is 1. The molecule has 3 heterocycles. The molecule has 3 N–H and O–H groups in total. The van der Waals surface area contributed by atoms with E-state index in [-0.39, 0.29) is 23.3 Å². The van der Waals surface area contributed by atoms with E-state index in [9.17, 15) is 18.3 Å². The third-order valence-corrected chi connectivity index (χ3v) is 6.75. The van der Waals surface area contributed by atoms with Crippen LogP contribution in [0.3, 0.4) is 0 Å². The van der Waals surface area contributed by atoms with Crippen LogP contribution < -0.4 is 14.8 Å². The Bertz CT molecular complexity index is 1350. The number of hydrogen-bond donors (Lipinski definition) is 3. The summed E-state index contributed by atoms with van der Waals surface area (Å²) in [6.07, 6.45) is -3.84. The summed E-state index contributed by atoms with van der Waals surface area (Å²) in [4.78, 5) is 8.33. The molecule has 35 heavy (non-hydrogen) atoms. The molecule has 2 aromatic carbocycles. The molecule has 0 spiro atoms. The average Bonchev–Trinajstić information content (AvgIpc) is 3.52. The van der Waals surface area contributed by atoms with Gasteiger partial charge in [0.05, 0.1) is 11.6 Å². The topological polar surface area (TPSA) is 105 Å². The number of ether oxygens (including phenoxy) is 2. The van der Waals surface area contributed by atoms with Gasteiger partial charge in [0.1, 0.15) is 6.33 Å². The first kappa shape index (κ1) is 23.2. The Kier molecular flexibility index (Phi) is 5.93. The van der Waals surface area contributed by atoms with Gasteiger partial charge in [-0.3, -0.25) is 10.1 Å². The van der Waals surface area contributed by atoms with Crippen LogP contribution in [0, 0.1) is 6.92 Å². The first-order valence-electron chi connectivity index (χ1n) is 10.5. The Morgan fingerprint density at radius 3 is 2.74 bits per heavy atom. The number of benzene rings is 2. The van der Waals surface area contributed by atoms with Crippen molar-refractivity contribution in [1.82, 2.24) is 20.2 Å². The van der Waals surface area contributed by atoms with E-state index in [0.29, 0.717) is 34.1 Å². The molecule has 0 fully saturated rings. The highest BCUT2D eigenvalue weighted by atomic mass is 32.2. The van der Waals surface area contributed by atoms with E-state index >= 15 is 0 Å². The number of pyridine rings is 1. The zero-order valence-corrected chi connectivity index (χ0v) is 19.2. The number of alkyl halides is 3. The third kappa shape index (κ3) is 4.34. The van der Waals surface area contributed by atoms with Crippen LogP contribution in [-0.2, 0) is 0 Å². The van der Waals surface area contributed by atoms with E-state index in [1.54, 1.807) is 42.5 Å². The summed E-state index contributed by atoms with van der Waals surface area (Å²) in [7, 11) is 0. The molecule has 1 aliphatic rings. The second-order valence-electron chi connectivity index (χ2n) is 7.98. The number of halogens is 3. The van der Waals surface area contributed by atoms with Crippen LogP contribution in [0.15, 0.2) is 60.0 Å². The first-order valence-corrected chi connectivity index (χ1v) is 11.5. The number of aromatic nitrogens is 4. The lowest BCUT2D eigenvalue weighted by atomic mass is 9.88. The molecule has 4 aromatic rings. The van der Waals surface area contributed by atoms with Crippen molar-refractivity contribution in [2.24, 2.45) is 0 Å². The number of aryl methyl sites for hydroxylation is 1. The third-order valence-electron chi connectivity index (χ3n) is 5.70. The van der Waals surface area contributed by atoms with Crippen LogP contribution in [0.2, 0.25) is 0 Å². The highest BCUT2D eigenvalue weighted by Crippen LogP contribution is 2.49. The van der Waals surface area contributed by atoms with Crippen LogP contribution in [0.5, 0.6) is 11.5 Å². The van der Waals surface area contributed by atoms with Crippen molar-refractivity contribution in [3.8, 4) is 11.5 Å². The molecule has 8 nitrogen and oxygen atoms in total. The second kappa shape index (κ2) is 8.93. The molecule has 182 valence electrons. The minimum absolute atomic E-state index is 0.107. The van der Waals surface area contributed by atoms with Crippen LogP contribution in [0.25, 0.3) is 10.9 Å². The Hall–Kier alpha value is -3.51. The maximum atomic E-state index is 14.7. The van der Waals surface area contributed by atoms with Crippen LogP contribution in [0.1, 0.15) is 17.3 Å². The molecule has 0 bridgehead atoms. The average molecular weight is 504 g/mol. The lowest BCUT2D eigenvalue weighted by Crippen LogP contribution is -2.54. The summed E-state index contributed by atoms with van der Waals surface area (Å²) in [6.45, 7) is 1.70. The molecule has 12 heteroatoms. The van der Waals surface area contributed by atoms with Gasteiger partial charge in [0.25, 0.3) is 0 Å². The number of aliphatic hydroxyl groups is 1. The minimum atomic E-state index is -5.03. The Balaban J connectivity index is 1.64. The van der Waals surface area contributed by atoms with Crippen molar-refractivity contribution in [3.63, 3.8) is 0 Å². The lowest BCUT2D eigenvalue weighted by molar-refractivity contribution is -0.256. The van der Waals surface area contributed by atoms with Gasteiger partial charge in [0.2, 0.25) is 6.79 Å². The zero-order chi connectivity index (χ0) is 24.6. The quantitative estimate of drug-likeness (QED) is 0.314. The van der Waals surface area contributed by atoms with Gasteiger partial charge in [-0.1, -0.05) is 30.0 Å². The fourth-order valence-electron chi connectivity index (χ4n) is 3.94. The number of nitrogens with one attached hydrogen (secondary N) is 2. The summed E-state index contributed by atoms with van der Waals surface area (Å²) >= 11 is 0.710. The summed E-state index contributed by atoms with van der Waals surface area (Å²) in [5.74, 6) is -0.320. The minimum Gasteiger partial charge on any atom is -0.454 e. The van der Waals surface area contributed by atoms with Gasteiger partial charge in [-0.2, -0.15) is 18.3 Å². The molecule has 2 atom stereocenters. The zero-order valence-electron chi connectivity index (χ0n) is 18.3. The molecule has 0 amide bonds. The Morgan fingerprint density at radius 2 is 1.97 bits per heavy atom. The van der Waals surface area contributed by atoms with E-state index < -0.39 is 23.6 Å². The van der Waals surface area contributed by atoms with E-state index in [1.807, 2.05) is 6.92 Å². The van der Waals surface area contributed by atoms with Crippen molar-refractivity contribution in [1.29, 1.82) is 0 Å². The van der Waals surface area contributed by atoms with Crippen LogP contribution in [0.4, 0.5) is 18.9 Å². The molecule has 5 rings (SSSR count). The number of thioether (sulfide) groups is 1. The fraction of sp³-hybridized carbons (Fsp3) is 0.261. The molecule has 0 aliphatic carbocycles. The van der Waals surface area contributed by atoms with Gasteiger partial charge in [-0.05, 0) is 37.3 Å². The maximum Gasteiger partial charge on any atom is 0.420 e. The molecule has 2 aromatic heterocycles. The van der Waals surface area contributed by atoms with Crippen molar-refractivity contribution >= 4 is 28.4 Å². The monoisotopic (exact) mass is 503 g/mol. The molecule has 1 aliphatic heterocycles. The van der Waals surface area contributed by atoms with Crippen molar-refractivity contribution in [3.05, 3.63) is 66.1 Å². The van der Waals surface area contributed by atoms with Gasteiger partial charge in [0, 0.05) is 28.1 Å². The number of aromatic amines is 1. The SMILES string of the molecule is Cc1ccc2c(NC(c3cccc4c3OCO4)C(O)(CSc3ncn[nH]3)C(F)(F)F)cccc2n1. The van der Waals surface area contributed by atoms with E-state index in [0.717, 1.165) is 5.69 Å². The Morgan fingerprint density at radius 1 is 1.14 bits per heavy atom. The lowest BCUT2D eigenvalue weighted by Gasteiger charge is -2.39. The molecule has 0 saturated carbocycles. The smallest absolute Gasteiger partial charge is 0.420 e. The Labute approximate surface area is 201 Å². The van der Waals surface area contributed by atoms with E-state index in [4.69, 9.17) is 9.47 Å². The summed E-state index contributed by atoms with van der Waals surface area (Å²) in [5.41, 5.74) is -1.38. The van der Waals surface area contributed by atoms with Crippen molar-refractivity contribution in [2.45, 2.75) is 29.9 Å². The van der Waals surface area contributed by atoms with E-state index in [1.165, 1.54) is 12.4 Å². The first-order chi connectivity index (χ1) is 16.8. The second-order valence-corrected chi connectivity index (χ2v) is 8.95. The molecule has 0 radical (unpaired) electrons. The van der Waals surface area contributed by atoms with Gasteiger partial charge in [-0.25, -0.2) is 4.98 Å². The van der Waals surface area contributed by atoms with Crippen molar-refractivity contribution < 1.29 is 27.8 Å². The van der Waals surface area contributed by atoms with Gasteiger partial charge in [0.15, 0.2) is 22.3 Å². The maximum absolute atomic E-state index is 14.7. The van der Waals surface area contributed by atoms with Crippen LogP contribution >= 0.6 is 11.8 Å². The number of para-hydroxylation sites is 1. The largest absolute Gasteiger partial charge is 0.454 e. The molecular weight excluding hydrogens is 483 g/mol. The normalized spacial score (nSPS) is 15.7. The summed E-state index contributed by atoms with van der Waals surface area (Å²) in [5, 5.41) is 21.3. The highest BCUT2D eigenvalue weighted by molar-refractivity contribution is 7.99.